The molecule has 2 fully saturated rings. The van der Waals surface area contributed by atoms with Gasteiger partial charge in [-0.05, 0) is 29.6 Å². The van der Waals surface area contributed by atoms with Crippen molar-refractivity contribution >= 4 is 17.4 Å². The Morgan fingerprint density at radius 1 is 1.21 bits per heavy atom. The molecule has 0 unspecified atom stereocenters. The van der Waals surface area contributed by atoms with Crippen molar-refractivity contribution in [3.63, 3.8) is 0 Å². The number of nitrogens with one attached hydrogen (secondary N) is 1. The minimum Gasteiger partial charge on any atom is -0.370 e. The van der Waals surface area contributed by atoms with E-state index >= 15 is 0 Å². The first-order valence-corrected chi connectivity index (χ1v) is 7.48. The summed E-state index contributed by atoms with van der Waals surface area (Å²) in [4.78, 5) is 8.89. The number of halogens is 1. The van der Waals surface area contributed by atoms with Crippen LogP contribution in [0.3, 0.4) is 0 Å². The van der Waals surface area contributed by atoms with Crippen LogP contribution in [-0.4, -0.2) is 16.5 Å². The molecule has 0 saturated heterocycles. The Balaban J connectivity index is 1.68. The fourth-order valence-electron chi connectivity index (χ4n) is 3.10. The van der Waals surface area contributed by atoms with Crippen molar-refractivity contribution in [2.24, 2.45) is 16.7 Å². The van der Waals surface area contributed by atoms with Gasteiger partial charge in [0.2, 0.25) is 0 Å². The SMILES string of the molecule is CC1(C)C(CNc2cc(Cl)nc(C3CC3)n2)C1(C)C. The van der Waals surface area contributed by atoms with Crippen LogP contribution in [0.15, 0.2) is 6.07 Å². The smallest absolute Gasteiger partial charge is 0.135 e. The first-order valence-electron chi connectivity index (χ1n) is 7.11. The van der Waals surface area contributed by atoms with Crippen molar-refractivity contribution in [1.29, 1.82) is 0 Å². The highest BCUT2D eigenvalue weighted by molar-refractivity contribution is 6.29. The molecule has 1 aromatic heterocycles. The van der Waals surface area contributed by atoms with Crippen LogP contribution >= 0.6 is 11.6 Å². The van der Waals surface area contributed by atoms with Crippen molar-refractivity contribution in [3.8, 4) is 0 Å². The van der Waals surface area contributed by atoms with E-state index in [9.17, 15) is 0 Å². The molecule has 0 spiro atoms. The van der Waals surface area contributed by atoms with Gasteiger partial charge >= 0.3 is 0 Å². The van der Waals surface area contributed by atoms with Crippen LogP contribution in [0.4, 0.5) is 5.82 Å². The molecule has 0 aliphatic heterocycles. The number of hydrogen-bond donors (Lipinski definition) is 1. The Morgan fingerprint density at radius 3 is 2.37 bits per heavy atom. The zero-order valence-electron chi connectivity index (χ0n) is 12.1. The Labute approximate surface area is 120 Å². The van der Waals surface area contributed by atoms with E-state index in [2.05, 4.69) is 43.0 Å². The predicted octanol–water partition coefficient (Wildman–Crippen LogP) is 4.10. The molecule has 1 N–H and O–H groups in total. The number of rotatable bonds is 4. The predicted molar refractivity (Wildman–Crippen MR) is 78.6 cm³/mol. The molecule has 0 amide bonds. The van der Waals surface area contributed by atoms with Crippen LogP contribution in [0, 0.1) is 16.7 Å². The Kier molecular flexibility index (Phi) is 2.83. The molecule has 2 saturated carbocycles. The van der Waals surface area contributed by atoms with Crippen LogP contribution in [0.5, 0.6) is 0 Å². The second-order valence-corrected chi connectivity index (χ2v) is 7.47. The lowest BCUT2D eigenvalue weighted by molar-refractivity contribution is 0.457. The van der Waals surface area contributed by atoms with Gasteiger partial charge in [-0.15, -0.1) is 0 Å². The molecule has 2 aliphatic carbocycles. The zero-order valence-corrected chi connectivity index (χ0v) is 12.9. The lowest BCUT2D eigenvalue weighted by Gasteiger charge is -2.08. The van der Waals surface area contributed by atoms with Crippen molar-refractivity contribution in [3.05, 3.63) is 17.0 Å². The van der Waals surface area contributed by atoms with E-state index < -0.39 is 0 Å². The molecule has 3 rings (SSSR count). The number of nitrogens with zero attached hydrogens (tertiary/aromatic N) is 2. The summed E-state index contributed by atoms with van der Waals surface area (Å²) in [5.74, 6) is 3.00. The van der Waals surface area contributed by atoms with E-state index in [0.29, 0.717) is 27.8 Å². The Hall–Kier alpha value is -0.830. The zero-order chi connectivity index (χ0) is 13.8. The van der Waals surface area contributed by atoms with Crippen LogP contribution in [0.25, 0.3) is 0 Å². The summed E-state index contributed by atoms with van der Waals surface area (Å²) < 4.78 is 0. The van der Waals surface area contributed by atoms with Crippen molar-refractivity contribution < 1.29 is 0 Å². The topological polar surface area (TPSA) is 37.8 Å². The Bertz CT molecular complexity index is 492. The molecule has 19 heavy (non-hydrogen) atoms. The van der Waals surface area contributed by atoms with Gasteiger partial charge in [-0.2, -0.15) is 0 Å². The monoisotopic (exact) mass is 279 g/mol. The minimum atomic E-state index is 0.399. The summed E-state index contributed by atoms with van der Waals surface area (Å²) in [7, 11) is 0. The highest BCUT2D eigenvalue weighted by atomic mass is 35.5. The Morgan fingerprint density at radius 2 is 1.84 bits per heavy atom. The van der Waals surface area contributed by atoms with E-state index in [1.54, 1.807) is 0 Å². The molecular formula is C15H22ClN3. The maximum absolute atomic E-state index is 6.07. The van der Waals surface area contributed by atoms with Gasteiger partial charge in [-0.25, -0.2) is 9.97 Å². The van der Waals surface area contributed by atoms with Crippen molar-refractivity contribution in [2.45, 2.75) is 46.5 Å². The van der Waals surface area contributed by atoms with Crippen LogP contribution < -0.4 is 5.32 Å². The number of aromatic nitrogens is 2. The average Bonchev–Trinajstić information content (AvgIpc) is 3.16. The van der Waals surface area contributed by atoms with Crippen LogP contribution in [-0.2, 0) is 0 Å². The fraction of sp³-hybridized carbons (Fsp3) is 0.733. The first kappa shape index (κ1) is 13.2. The molecule has 4 heteroatoms. The highest BCUT2D eigenvalue weighted by Crippen LogP contribution is 2.68. The van der Waals surface area contributed by atoms with E-state index in [1.165, 1.54) is 12.8 Å². The molecule has 104 valence electrons. The van der Waals surface area contributed by atoms with Gasteiger partial charge in [-0.1, -0.05) is 39.3 Å². The van der Waals surface area contributed by atoms with Gasteiger partial charge in [-0.3, -0.25) is 0 Å². The molecule has 0 atom stereocenters. The van der Waals surface area contributed by atoms with Crippen molar-refractivity contribution in [1.82, 2.24) is 9.97 Å². The molecule has 1 aromatic rings. The van der Waals surface area contributed by atoms with E-state index in [4.69, 9.17) is 11.6 Å². The average molecular weight is 280 g/mol. The molecule has 0 aromatic carbocycles. The van der Waals surface area contributed by atoms with Crippen LogP contribution in [0.1, 0.15) is 52.3 Å². The third kappa shape index (κ3) is 2.22. The molecule has 3 nitrogen and oxygen atoms in total. The van der Waals surface area contributed by atoms with E-state index in [1.807, 2.05) is 6.07 Å². The summed E-state index contributed by atoms with van der Waals surface area (Å²) in [5.41, 5.74) is 0.798. The molecule has 2 aliphatic rings. The fourth-order valence-corrected chi connectivity index (χ4v) is 3.29. The molecular weight excluding hydrogens is 258 g/mol. The number of hydrogen-bond acceptors (Lipinski definition) is 3. The van der Waals surface area contributed by atoms with Gasteiger partial charge < -0.3 is 5.32 Å². The van der Waals surface area contributed by atoms with E-state index in [-0.39, 0.29) is 0 Å². The summed E-state index contributed by atoms with van der Waals surface area (Å²) >= 11 is 6.07. The van der Waals surface area contributed by atoms with E-state index in [0.717, 1.165) is 18.2 Å². The lowest BCUT2D eigenvalue weighted by Crippen LogP contribution is -2.10. The van der Waals surface area contributed by atoms with Crippen molar-refractivity contribution in [2.75, 3.05) is 11.9 Å². The summed E-state index contributed by atoms with van der Waals surface area (Å²) in [6, 6.07) is 1.83. The first-order chi connectivity index (χ1) is 8.82. The summed E-state index contributed by atoms with van der Waals surface area (Å²) in [5, 5.41) is 4.00. The molecule has 0 radical (unpaired) electrons. The van der Waals surface area contributed by atoms with Gasteiger partial charge in [0.25, 0.3) is 0 Å². The summed E-state index contributed by atoms with van der Waals surface area (Å²) in [6.45, 7) is 10.3. The lowest BCUT2D eigenvalue weighted by atomic mass is 10.0. The van der Waals surface area contributed by atoms with Gasteiger partial charge in [0, 0.05) is 18.5 Å². The number of anilines is 1. The minimum absolute atomic E-state index is 0.399. The standard InChI is InChI=1S/C15H22ClN3/c1-14(2)10(15(14,3)4)8-17-12-7-11(16)18-13(19-12)9-5-6-9/h7,9-10H,5-6,8H2,1-4H3,(H,17,18,19). The third-order valence-electron chi connectivity index (χ3n) is 5.46. The second-order valence-electron chi connectivity index (χ2n) is 7.09. The summed E-state index contributed by atoms with van der Waals surface area (Å²) in [6.07, 6.45) is 2.39. The van der Waals surface area contributed by atoms with Gasteiger partial charge in [0.1, 0.15) is 16.8 Å². The third-order valence-corrected chi connectivity index (χ3v) is 5.66. The highest BCUT2D eigenvalue weighted by Gasteiger charge is 2.64. The maximum Gasteiger partial charge on any atom is 0.135 e. The second kappa shape index (κ2) is 4.08. The van der Waals surface area contributed by atoms with Gasteiger partial charge in [0.05, 0.1) is 0 Å². The largest absolute Gasteiger partial charge is 0.370 e. The normalized spacial score (nSPS) is 24.3. The quantitative estimate of drug-likeness (QED) is 0.843. The molecule has 0 bridgehead atoms. The maximum atomic E-state index is 6.07. The van der Waals surface area contributed by atoms with Gasteiger partial charge in [0.15, 0.2) is 0 Å². The van der Waals surface area contributed by atoms with Crippen LogP contribution in [0.2, 0.25) is 5.15 Å². The molecule has 1 heterocycles.